The van der Waals surface area contributed by atoms with Crippen molar-refractivity contribution in [1.29, 1.82) is 0 Å². The number of β-amino-alcohol motifs (C(OH)–C–C–N with tert-alkyl or cyclic N) is 1. The lowest BCUT2D eigenvalue weighted by atomic mass is 10.1. The van der Waals surface area contributed by atoms with E-state index in [1.165, 1.54) is 22.4 Å². The summed E-state index contributed by atoms with van der Waals surface area (Å²) in [6.45, 7) is 11.4. The van der Waals surface area contributed by atoms with E-state index >= 15 is 0 Å². The minimum absolute atomic E-state index is 0.172. The number of amidine groups is 1. The first-order valence-electron chi connectivity index (χ1n) is 13.6. The number of aliphatic hydroxyl groups is 1. The van der Waals surface area contributed by atoms with E-state index in [2.05, 4.69) is 109 Å². The van der Waals surface area contributed by atoms with Gasteiger partial charge in [0.2, 0.25) is 0 Å². The highest BCUT2D eigenvalue weighted by atomic mass is 16.3. The zero-order valence-electron chi connectivity index (χ0n) is 23.4. The number of allylic oxidation sites excluding steroid dienone is 4. The van der Waals surface area contributed by atoms with E-state index in [0.29, 0.717) is 6.04 Å². The molecule has 3 heterocycles. The number of nitrogens with zero attached hydrogens (tertiary/aromatic N) is 5. The number of aliphatic hydroxyl groups excluding tert-OH is 1. The molecule has 0 bridgehead atoms. The maximum Gasteiger partial charge on any atom is 0.149 e. The molecular formula is C30H44N6O. The van der Waals surface area contributed by atoms with Gasteiger partial charge in [-0.2, -0.15) is 0 Å². The molecule has 2 aliphatic heterocycles. The third kappa shape index (κ3) is 6.35. The second kappa shape index (κ2) is 12.1. The van der Waals surface area contributed by atoms with E-state index in [1.54, 1.807) is 0 Å². The number of rotatable bonds is 8. The molecule has 1 fully saturated rings. The molecule has 1 saturated heterocycles. The van der Waals surface area contributed by atoms with Crippen LogP contribution in [0, 0.1) is 0 Å². The molecule has 1 aromatic heterocycles. The van der Waals surface area contributed by atoms with Crippen LogP contribution in [0.25, 0.3) is 6.08 Å². The number of hydrogen-bond donors (Lipinski definition) is 2. The van der Waals surface area contributed by atoms with Crippen molar-refractivity contribution in [3.63, 3.8) is 0 Å². The highest BCUT2D eigenvalue weighted by Gasteiger charge is 2.30. The average molecular weight is 505 g/mol. The Morgan fingerprint density at radius 3 is 2.78 bits per heavy atom. The van der Waals surface area contributed by atoms with Crippen LogP contribution in [0.15, 0.2) is 70.4 Å². The smallest absolute Gasteiger partial charge is 0.149 e. The first-order chi connectivity index (χ1) is 17.8. The summed E-state index contributed by atoms with van der Waals surface area (Å²) < 4.78 is 2.17. The van der Waals surface area contributed by atoms with E-state index in [1.807, 2.05) is 6.92 Å². The summed E-state index contributed by atoms with van der Waals surface area (Å²) in [6.07, 6.45) is 18.6. The highest BCUT2D eigenvalue weighted by molar-refractivity contribution is 5.94. The lowest BCUT2D eigenvalue weighted by Crippen LogP contribution is -2.40. The summed E-state index contributed by atoms with van der Waals surface area (Å²) in [5.41, 5.74) is 6.25. The second-order valence-corrected chi connectivity index (χ2v) is 10.4. The van der Waals surface area contributed by atoms with Gasteiger partial charge in [0, 0.05) is 63.6 Å². The van der Waals surface area contributed by atoms with Gasteiger partial charge in [-0.05, 0) is 87.5 Å². The number of fused-ring (bicyclic) bond motifs is 1. The third-order valence-electron chi connectivity index (χ3n) is 7.83. The Morgan fingerprint density at radius 2 is 2.08 bits per heavy atom. The van der Waals surface area contributed by atoms with Crippen molar-refractivity contribution in [1.82, 2.24) is 24.8 Å². The molecule has 0 radical (unpaired) electrons. The monoisotopic (exact) mass is 504 g/mol. The Labute approximate surface area is 222 Å². The zero-order valence-corrected chi connectivity index (χ0v) is 23.4. The number of hydrogen-bond acceptors (Lipinski definition) is 5. The molecule has 3 aliphatic rings. The Morgan fingerprint density at radius 1 is 1.27 bits per heavy atom. The Kier molecular flexibility index (Phi) is 8.90. The van der Waals surface area contributed by atoms with E-state index < -0.39 is 0 Å². The normalized spacial score (nSPS) is 23.9. The molecule has 0 spiro atoms. The van der Waals surface area contributed by atoms with Gasteiger partial charge in [0.05, 0.1) is 6.10 Å². The van der Waals surface area contributed by atoms with Gasteiger partial charge in [0.25, 0.3) is 0 Å². The summed E-state index contributed by atoms with van der Waals surface area (Å²) >= 11 is 0. The Hall–Kier alpha value is -2.87. The van der Waals surface area contributed by atoms with Gasteiger partial charge in [-0.1, -0.05) is 19.1 Å². The number of likely N-dealkylation sites (N-methyl/N-ethyl adjacent to an activating group) is 1. The van der Waals surface area contributed by atoms with Gasteiger partial charge in [0.15, 0.2) is 0 Å². The zero-order chi connectivity index (χ0) is 26.5. The summed E-state index contributed by atoms with van der Waals surface area (Å²) in [5.74, 6) is 1.78. The molecular weight excluding hydrogens is 460 g/mol. The molecule has 0 saturated carbocycles. The first kappa shape index (κ1) is 27.2. The number of aliphatic imine (C=N–C) groups is 1. The van der Waals surface area contributed by atoms with Gasteiger partial charge >= 0.3 is 0 Å². The summed E-state index contributed by atoms with van der Waals surface area (Å²) in [7, 11) is 4.22. The molecule has 2 atom stereocenters. The summed E-state index contributed by atoms with van der Waals surface area (Å²) in [5, 5.41) is 17.9. The van der Waals surface area contributed by atoms with Gasteiger partial charge in [-0.25, -0.2) is 10.0 Å². The molecule has 2 unspecified atom stereocenters. The predicted molar refractivity (Wildman–Crippen MR) is 153 cm³/mol. The molecule has 2 N–H and O–H groups in total. The fraction of sp³-hybridized carbons (Fsp3) is 0.500. The fourth-order valence-electron chi connectivity index (χ4n) is 5.09. The van der Waals surface area contributed by atoms with Crippen LogP contribution in [0.1, 0.15) is 58.2 Å². The molecule has 4 rings (SSSR count). The SMILES string of the molecule is C\C=C/C(=N\C(NC1=CCc2ccn(C)c2C=C1)=C(/C)CC)N1C=C(CCN2CCC(O)C2)C(C)N1C. The standard InChI is InChI=1S/C30H44N6O/c1-7-9-29(36-20-25(23(4)34(36)6)15-18-35-19-16-27(37)21-35)32-30(22(3)8-2)31-26-11-10-24-14-17-33(5)28(24)13-12-26/h7,9,11-14,17,20,23,27,31,37H,8,10,15-16,18-19,21H2,1-6H3/b9-7-,30-22+,32-29+. The number of likely N-dealkylation sites (tertiary alicyclic amines) is 1. The highest BCUT2D eigenvalue weighted by Crippen LogP contribution is 2.26. The molecule has 0 aromatic carbocycles. The molecule has 7 heteroatoms. The summed E-state index contributed by atoms with van der Waals surface area (Å²) in [4.78, 5) is 7.54. The molecule has 0 amide bonds. The number of nitrogens with one attached hydrogen (secondary N) is 1. The van der Waals surface area contributed by atoms with E-state index in [4.69, 9.17) is 4.99 Å². The van der Waals surface area contributed by atoms with Crippen LogP contribution in [-0.2, 0) is 13.5 Å². The Bertz CT molecular complexity index is 1150. The molecule has 200 valence electrons. The van der Waals surface area contributed by atoms with Crippen LogP contribution in [0.5, 0.6) is 0 Å². The van der Waals surface area contributed by atoms with Gasteiger partial charge in [-0.15, -0.1) is 0 Å². The second-order valence-electron chi connectivity index (χ2n) is 10.4. The van der Waals surface area contributed by atoms with Gasteiger partial charge in [0.1, 0.15) is 11.7 Å². The molecule has 37 heavy (non-hydrogen) atoms. The number of hydrazine groups is 1. The minimum atomic E-state index is -0.172. The molecule has 7 nitrogen and oxygen atoms in total. The van der Waals surface area contributed by atoms with Crippen molar-refractivity contribution in [2.75, 3.05) is 26.7 Å². The van der Waals surface area contributed by atoms with Crippen LogP contribution in [-0.4, -0.2) is 69.3 Å². The average Bonchev–Trinajstić information content (AvgIpc) is 3.50. The maximum atomic E-state index is 9.87. The van der Waals surface area contributed by atoms with Crippen molar-refractivity contribution in [3.8, 4) is 0 Å². The number of aryl methyl sites for hydroxylation is 1. The minimum Gasteiger partial charge on any atom is -0.392 e. The largest absolute Gasteiger partial charge is 0.392 e. The van der Waals surface area contributed by atoms with Crippen molar-refractivity contribution in [3.05, 3.63) is 76.7 Å². The van der Waals surface area contributed by atoms with Crippen LogP contribution < -0.4 is 5.32 Å². The third-order valence-corrected chi connectivity index (χ3v) is 7.83. The van der Waals surface area contributed by atoms with Crippen molar-refractivity contribution in [2.24, 2.45) is 12.0 Å². The first-order valence-corrected chi connectivity index (χ1v) is 13.6. The lowest BCUT2D eigenvalue weighted by molar-refractivity contribution is 0.124. The van der Waals surface area contributed by atoms with Crippen molar-refractivity contribution >= 4 is 11.9 Å². The van der Waals surface area contributed by atoms with Crippen molar-refractivity contribution in [2.45, 2.75) is 65.5 Å². The summed E-state index contributed by atoms with van der Waals surface area (Å²) in [6, 6.07) is 2.48. The van der Waals surface area contributed by atoms with Crippen molar-refractivity contribution < 1.29 is 5.11 Å². The Balaban J connectivity index is 1.55. The maximum absolute atomic E-state index is 9.87. The fourth-order valence-corrected chi connectivity index (χ4v) is 5.09. The van der Waals surface area contributed by atoms with E-state index in [-0.39, 0.29) is 6.10 Å². The van der Waals surface area contributed by atoms with E-state index in [0.717, 1.165) is 62.7 Å². The molecule has 1 aromatic rings. The molecule has 1 aliphatic carbocycles. The number of aromatic nitrogens is 1. The van der Waals surface area contributed by atoms with Crippen LogP contribution in [0.4, 0.5) is 0 Å². The predicted octanol–water partition coefficient (Wildman–Crippen LogP) is 4.58. The van der Waals surface area contributed by atoms with E-state index in [9.17, 15) is 5.11 Å². The van der Waals surface area contributed by atoms with Gasteiger partial charge in [-0.3, -0.25) is 5.01 Å². The van der Waals surface area contributed by atoms with Crippen LogP contribution >= 0.6 is 0 Å². The van der Waals surface area contributed by atoms with Crippen LogP contribution in [0.2, 0.25) is 0 Å². The quantitative estimate of drug-likeness (QED) is 0.401. The topological polar surface area (TPSA) is 59.3 Å². The van der Waals surface area contributed by atoms with Gasteiger partial charge < -0.3 is 19.9 Å². The van der Waals surface area contributed by atoms with Crippen LogP contribution in [0.3, 0.4) is 0 Å². The lowest BCUT2D eigenvalue weighted by Gasteiger charge is -2.29.